The molecule has 1 fully saturated rings. The van der Waals surface area contributed by atoms with Gasteiger partial charge in [-0.15, -0.1) is 11.3 Å². The van der Waals surface area contributed by atoms with Crippen LogP contribution in [0.5, 0.6) is 0 Å². The number of anilines is 1. The molecule has 0 unspecified atom stereocenters. The van der Waals surface area contributed by atoms with Gasteiger partial charge < -0.3 is 10.2 Å². The van der Waals surface area contributed by atoms with Gasteiger partial charge in [-0.25, -0.2) is 9.97 Å². The lowest BCUT2D eigenvalue weighted by molar-refractivity contribution is 0.581. The lowest BCUT2D eigenvalue weighted by Crippen LogP contribution is -2.44. The van der Waals surface area contributed by atoms with Crippen LogP contribution >= 0.6 is 11.3 Å². The third-order valence-electron chi connectivity index (χ3n) is 4.46. The Morgan fingerprint density at radius 1 is 1.04 bits per heavy atom. The summed E-state index contributed by atoms with van der Waals surface area (Å²) in [6, 6.07) is 10.5. The number of piperazine rings is 1. The molecule has 1 aromatic carbocycles. The second kappa shape index (κ2) is 5.91. The third kappa shape index (κ3) is 2.60. The van der Waals surface area contributed by atoms with E-state index < -0.39 is 0 Å². The van der Waals surface area contributed by atoms with Gasteiger partial charge in [0, 0.05) is 42.0 Å². The maximum absolute atomic E-state index is 4.96. The minimum atomic E-state index is 0.860. The summed E-state index contributed by atoms with van der Waals surface area (Å²) in [6.45, 7) is 8.25. The number of nitrogens with one attached hydrogen (secondary N) is 1. The predicted octanol–water partition coefficient (Wildman–Crippen LogP) is 3.38. The number of hydrogen-bond donors (Lipinski definition) is 1. The smallest absolute Gasteiger partial charge is 0.227 e. The minimum absolute atomic E-state index is 0.860. The lowest BCUT2D eigenvalue weighted by atomic mass is 10.1. The molecule has 0 radical (unpaired) electrons. The van der Waals surface area contributed by atoms with Crippen LogP contribution in [0.15, 0.2) is 30.3 Å². The van der Waals surface area contributed by atoms with Crippen molar-refractivity contribution >= 4 is 27.5 Å². The summed E-state index contributed by atoms with van der Waals surface area (Å²) in [5, 5.41) is 4.59. The number of hydrogen-bond acceptors (Lipinski definition) is 5. The van der Waals surface area contributed by atoms with Crippen molar-refractivity contribution in [2.75, 3.05) is 31.1 Å². The maximum atomic E-state index is 4.96. The van der Waals surface area contributed by atoms with Crippen LogP contribution in [0.1, 0.15) is 10.4 Å². The molecule has 3 aromatic rings. The number of nitrogens with zero attached hydrogens (tertiary/aromatic N) is 3. The molecule has 0 atom stereocenters. The van der Waals surface area contributed by atoms with Crippen LogP contribution in [0, 0.1) is 13.8 Å². The Bertz CT molecular complexity index is 835. The first-order chi connectivity index (χ1) is 11.2. The van der Waals surface area contributed by atoms with E-state index in [0.717, 1.165) is 48.2 Å². The van der Waals surface area contributed by atoms with Gasteiger partial charge in [0.25, 0.3) is 0 Å². The quantitative estimate of drug-likeness (QED) is 0.784. The molecule has 1 aliphatic rings. The zero-order valence-corrected chi connectivity index (χ0v) is 14.3. The Hall–Kier alpha value is -1.98. The molecule has 4 nitrogen and oxygen atoms in total. The zero-order chi connectivity index (χ0) is 15.8. The molecule has 0 spiro atoms. The van der Waals surface area contributed by atoms with E-state index in [9.17, 15) is 0 Å². The average Bonchev–Trinajstić information content (AvgIpc) is 2.90. The van der Waals surface area contributed by atoms with E-state index >= 15 is 0 Å². The Balaban J connectivity index is 1.94. The number of aryl methyl sites for hydroxylation is 2. The van der Waals surface area contributed by atoms with Crippen molar-refractivity contribution in [3.8, 4) is 11.3 Å². The van der Waals surface area contributed by atoms with Gasteiger partial charge in [0.15, 0.2) is 0 Å². The Morgan fingerprint density at radius 2 is 1.78 bits per heavy atom. The molecule has 2 aromatic heterocycles. The van der Waals surface area contributed by atoms with Gasteiger partial charge in [0.1, 0.15) is 4.83 Å². The largest absolute Gasteiger partial charge is 0.338 e. The van der Waals surface area contributed by atoms with Gasteiger partial charge in [0.05, 0.1) is 5.69 Å². The van der Waals surface area contributed by atoms with Crippen molar-refractivity contribution in [2.24, 2.45) is 0 Å². The second-order valence-electron chi connectivity index (χ2n) is 5.94. The maximum Gasteiger partial charge on any atom is 0.227 e. The molecule has 1 saturated heterocycles. The molecule has 4 rings (SSSR count). The van der Waals surface area contributed by atoms with Crippen LogP contribution in [0.2, 0.25) is 0 Å². The lowest BCUT2D eigenvalue weighted by Gasteiger charge is -2.27. The average molecular weight is 324 g/mol. The van der Waals surface area contributed by atoms with Crippen LogP contribution in [0.3, 0.4) is 0 Å². The summed E-state index contributed by atoms with van der Waals surface area (Å²) in [6.07, 6.45) is 0. The Labute approximate surface area is 140 Å². The van der Waals surface area contributed by atoms with Crippen molar-refractivity contribution in [3.63, 3.8) is 0 Å². The van der Waals surface area contributed by atoms with Crippen LogP contribution in [0.25, 0.3) is 21.5 Å². The fraction of sp³-hybridized carbons (Fsp3) is 0.333. The molecule has 1 aliphatic heterocycles. The Kier molecular flexibility index (Phi) is 3.75. The highest BCUT2D eigenvalue weighted by Crippen LogP contribution is 2.36. The summed E-state index contributed by atoms with van der Waals surface area (Å²) in [4.78, 5) is 14.5. The number of benzene rings is 1. The highest BCUT2D eigenvalue weighted by Gasteiger charge is 2.19. The molecule has 0 saturated carbocycles. The van der Waals surface area contributed by atoms with E-state index in [2.05, 4.69) is 48.3 Å². The molecule has 0 amide bonds. The van der Waals surface area contributed by atoms with Gasteiger partial charge in [0.2, 0.25) is 5.95 Å². The number of aromatic nitrogens is 2. The molecule has 3 heterocycles. The zero-order valence-electron chi connectivity index (χ0n) is 13.5. The van der Waals surface area contributed by atoms with Crippen molar-refractivity contribution in [1.82, 2.24) is 15.3 Å². The standard InChI is InChI=1S/C18H20N4S/c1-12-13(2)23-17-15(12)16(14-6-4-3-5-7-14)20-18(21-17)22-10-8-19-9-11-22/h3-7,19H,8-11H2,1-2H3. The van der Waals surface area contributed by atoms with E-state index in [1.54, 1.807) is 11.3 Å². The predicted molar refractivity (Wildman–Crippen MR) is 97.4 cm³/mol. The van der Waals surface area contributed by atoms with Crippen molar-refractivity contribution in [3.05, 3.63) is 40.8 Å². The SMILES string of the molecule is Cc1sc2nc(N3CCNCC3)nc(-c3ccccc3)c2c1C. The number of fused-ring (bicyclic) bond motifs is 1. The molecule has 118 valence electrons. The molecule has 5 heteroatoms. The van der Waals surface area contributed by atoms with Crippen molar-refractivity contribution < 1.29 is 0 Å². The van der Waals surface area contributed by atoms with Gasteiger partial charge in [-0.2, -0.15) is 0 Å². The highest BCUT2D eigenvalue weighted by atomic mass is 32.1. The number of thiophene rings is 1. The summed E-state index contributed by atoms with van der Waals surface area (Å²) in [7, 11) is 0. The minimum Gasteiger partial charge on any atom is -0.338 e. The molecular weight excluding hydrogens is 304 g/mol. The van der Waals surface area contributed by atoms with E-state index in [0.29, 0.717) is 0 Å². The fourth-order valence-electron chi connectivity index (χ4n) is 3.05. The topological polar surface area (TPSA) is 41.1 Å². The first kappa shape index (κ1) is 14.6. The van der Waals surface area contributed by atoms with Crippen LogP contribution < -0.4 is 10.2 Å². The number of rotatable bonds is 2. The summed E-state index contributed by atoms with van der Waals surface area (Å²) < 4.78 is 0. The van der Waals surface area contributed by atoms with Gasteiger partial charge in [-0.1, -0.05) is 30.3 Å². The third-order valence-corrected chi connectivity index (χ3v) is 5.57. The van der Waals surface area contributed by atoms with Crippen molar-refractivity contribution in [1.29, 1.82) is 0 Å². The van der Waals surface area contributed by atoms with Crippen LogP contribution in [0.4, 0.5) is 5.95 Å². The first-order valence-electron chi connectivity index (χ1n) is 8.03. The second-order valence-corrected chi connectivity index (χ2v) is 7.14. The van der Waals surface area contributed by atoms with E-state index in [4.69, 9.17) is 9.97 Å². The van der Waals surface area contributed by atoms with Crippen LogP contribution in [-0.4, -0.2) is 36.1 Å². The van der Waals surface area contributed by atoms with Gasteiger partial charge in [-0.3, -0.25) is 0 Å². The van der Waals surface area contributed by atoms with E-state index in [1.165, 1.54) is 15.8 Å². The van der Waals surface area contributed by atoms with Gasteiger partial charge >= 0.3 is 0 Å². The summed E-state index contributed by atoms with van der Waals surface area (Å²) >= 11 is 1.77. The first-order valence-corrected chi connectivity index (χ1v) is 8.84. The molecular formula is C18H20N4S. The van der Waals surface area contributed by atoms with Crippen molar-refractivity contribution in [2.45, 2.75) is 13.8 Å². The highest BCUT2D eigenvalue weighted by molar-refractivity contribution is 7.18. The molecule has 0 bridgehead atoms. The monoisotopic (exact) mass is 324 g/mol. The Morgan fingerprint density at radius 3 is 2.52 bits per heavy atom. The van der Waals surface area contributed by atoms with E-state index in [-0.39, 0.29) is 0 Å². The van der Waals surface area contributed by atoms with E-state index in [1.807, 2.05) is 6.07 Å². The summed E-state index contributed by atoms with van der Waals surface area (Å²) in [5.41, 5.74) is 3.53. The normalized spacial score (nSPS) is 15.3. The summed E-state index contributed by atoms with van der Waals surface area (Å²) in [5.74, 6) is 0.860. The molecule has 23 heavy (non-hydrogen) atoms. The molecule has 1 N–H and O–H groups in total. The molecule has 0 aliphatic carbocycles. The van der Waals surface area contributed by atoms with Crippen LogP contribution in [-0.2, 0) is 0 Å². The fourth-order valence-corrected chi connectivity index (χ4v) is 4.07. The van der Waals surface area contributed by atoms with Gasteiger partial charge in [-0.05, 0) is 19.4 Å².